The molecule has 0 saturated carbocycles. The highest BCUT2D eigenvalue weighted by atomic mass is 16.5. The van der Waals surface area contributed by atoms with Gasteiger partial charge in [-0.25, -0.2) is 0 Å². The molecule has 3 rings (SSSR count). The topological polar surface area (TPSA) is 117 Å². The predicted molar refractivity (Wildman–Crippen MR) is 127 cm³/mol. The summed E-state index contributed by atoms with van der Waals surface area (Å²) in [7, 11) is 4.35. The van der Waals surface area contributed by atoms with Crippen LogP contribution in [0, 0.1) is 0 Å². The van der Waals surface area contributed by atoms with Crippen LogP contribution in [-0.4, -0.2) is 44.7 Å². The second kappa shape index (κ2) is 12.1. The fraction of sp³-hybridized carbons (Fsp3) is 0.240. The van der Waals surface area contributed by atoms with Crippen LogP contribution < -0.4 is 34.5 Å². The monoisotopic (exact) mass is 481 g/mol. The number of carbonyl (C=O) groups excluding carboxylic acids is 2. The Morgan fingerprint density at radius 3 is 2.03 bits per heavy atom. The van der Waals surface area contributed by atoms with Crippen LogP contribution in [0.25, 0.3) is 0 Å². The van der Waals surface area contributed by atoms with Crippen molar-refractivity contribution in [3.63, 3.8) is 0 Å². The Hall–Kier alpha value is -4.47. The zero-order valence-electron chi connectivity index (χ0n) is 19.9. The number of ether oxygens (including phenoxy) is 5. The number of pyridine rings is 1. The molecule has 0 radical (unpaired) electrons. The first-order valence-electron chi connectivity index (χ1n) is 10.7. The SMILES string of the molecule is CCOc1cc(C(=O)NNC(=O)c2cc(OC)c(OC)c(OC)c2)ccc1OCc1cccnc1. The van der Waals surface area contributed by atoms with Gasteiger partial charge in [0.2, 0.25) is 5.75 Å². The molecule has 10 nitrogen and oxygen atoms in total. The van der Waals surface area contributed by atoms with Crippen LogP contribution in [-0.2, 0) is 6.61 Å². The standard InChI is InChI=1S/C25H27N3O7/c1-5-34-20-11-17(8-9-19(20)35-15-16-7-6-10-26-14-16)24(29)27-28-25(30)18-12-21(31-2)23(33-4)22(13-18)32-3/h6-14H,5,15H2,1-4H3,(H,27,29)(H,28,30). The number of aromatic nitrogens is 1. The van der Waals surface area contributed by atoms with Gasteiger partial charge in [-0.3, -0.25) is 25.4 Å². The van der Waals surface area contributed by atoms with Crippen molar-refractivity contribution in [2.75, 3.05) is 27.9 Å². The van der Waals surface area contributed by atoms with Crippen LogP contribution >= 0.6 is 0 Å². The smallest absolute Gasteiger partial charge is 0.269 e. The summed E-state index contributed by atoms with van der Waals surface area (Å²) < 4.78 is 27.2. The van der Waals surface area contributed by atoms with Crippen molar-refractivity contribution in [2.45, 2.75) is 13.5 Å². The molecule has 3 aromatic rings. The second-order valence-corrected chi connectivity index (χ2v) is 7.07. The molecule has 2 amide bonds. The van der Waals surface area contributed by atoms with Gasteiger partial charge in [-0.05, 0) is 43.3 Å². The van der Waals surface area contributed by atoms with Gasteiger partial charge < -0.3 is 23.7 Å². The van der Waals surface area contributed by atoms with E-state index in [2.05, 4.69) is 15.8 Å². The molecule has 35 heavy (non-hydrogen) atoms. The van der Waals surface area contributed by atoms with Gasteiger partial charge in [0, 0.05) is 29.1 Å². The Bertz CT molecular complexity index is 1140. The summed E-state index contributed by atoms with van der Waals surface area (Å²) in [5, 5.41) is 0. The summed E-state index contributed by atoms with van der Waals surface area (Å²) >= 11 is 0. The molecule has 0 atom stereocenters. The first-order chi connectivity index (χ1) is 17.0. The Kier molecular flexibility index (Phi) is 8.71. The molecule has 0 saturated heterocycles. The molecule has 2 aromatic carbocycles. The molecule has 0 aliphatic rings. The van der Waals surface area contributed by atoms with E-state index in [0.29, 0.717) is 42.0 Å². The number of hydrogen-bond acceptors (Lipinski definition) is 8. The van der Waals surface area contributed by atoms with Crippen molar-refractivity contribution in [1.29, 1.82) is 0 Å². The number of hydrazine groups is 1. The van der Waals surface area contributed by atoms with Gasteiger partial charge in [0.15, 0.2) is 23.0 Å². The maximum absolute atomic E-state index is 12.7. The third-order valence-electron chi connectivity index (χ3n) is 4.84. The molecule has 2 N–H and O–H groups in total. The van der Waals surface area contributed by atoms with Gasteiger partial charge >= 0.3 is 0 Å². The highest BCUT2D eigenvalue weighted by Gasteiger charge is 2.18. The fourth-order valence-electron chi connectivity index (χ4n) is 3.15. The summed E-state index contributed by atoms with van der Waals surface area (Å²) in [6, 6.07) is 11.4. The highest BCUT2D eigenvalue weighted by molar-refractivity contribution is 6.00. The molecule has 184 valence electrons. The molecule has 0 spiro atoms. The van der Waals surface area contributed by atoms with Crippen molar-refractivity contribution in [2.24, 2.45) is 0 Å². The van der Waals surface area contributed by atoms with Crippen LogP contribution in [0.3, 0.4) is 0 Å². The maximum Gasteiger partial charge on any atom is 0.269 e. The molecule has 1 aromatic heterocycles. The molecule has 0 aliphatic heterocycles. The number of carbonyl (C=O) groups is 2. The zero-order chi connectivity index (χ0) is 25.2. The van der Waals surface area contributed by atoms with Crippen molar-refractivity contribution in [3.05, 3.63) is 71.5 Å². The van der Waals surface area contributed by atoms with E-state index < -0.39 is 11.8 Å². The summed E-state index contributed by atoms with van der Waals surface area (Å²) in [5.74, 6) is 0.751. The van der Waals surface area contributed by atoms with Gasteiger partial charge in [-0.1, -0.05) is 6.07 Å². The molecular formula is C25H27N3O7. The van der Waals surface area contributed by atoms with Crippen LogP contribution in [0.2, 0.25) is 0 Å². The first-order valence-corrected chi connectivity index (χ1v) is 10.7. The Morgan fingerprint density at radius 1 is 0.800 bits per heavy atom. The number of nitrogens with one attached hydrogen (secondary N) is 2. The van der Waals surface area contributed by atoms with Crippen molar-refractivity contribution >= 4 is 11.8 Å². The molecule has 0 aliphatic carbocycles. The summed E-state index contributed by atoms with van der Waals surface area (Å²) in [4.78, 5) is 29.4. The molecule has 0 unspecified atom stereocenters. The third kappa shape index (κ3) is 6.32. The van der Waals surface area contributed by atoms with E-state index >= 15 is 0 Å². The van der Waals surface area contributed by atoms with Gasteiger partial charge in [-0.2, -0.15) is 0 Å². The quantitative estimate of drug-likeness (QED) is 0.424. The van der Waals surface area contributed by atoms with E-state index in [0.717, 1.165) is 5.56 Å². The van der Waals surface area contributed by atoms with E-state index in [-0.39, 0.29) is 11.1 Å². The zero-order valence-corrected chi connectivity index (χ0v) is 19.9. The minimum atomic E-state index is -0.570. The second-order valence-electron chi connectivity index (χ2n) is 7.07. The Morgan fingerprint density at radius 2 is 1.46 bits per heavy atom. The number of methoxy groups -OCH3 is 3. The lowest BCUT2D eigenvalue weighted by molar-refractivity contribution is 0.0846. The maximum atomic E-state index is 12.7. The van der Waals surface area contributed by atoms with E-state index in [9.17, 15) is 9.59 Å². The lowest BCUT2D eigenvalue weighted by Crippen LogP contribution is -2.41. The summed E-state index contributed by atoms with van der Waals surface area (Å²) in [6.45, 7) is 2.51. The van der Waals surface area contributed by atoms with Crippen LogP contribution in [0.5, 0.6) is 28.7 Å². The minimum Gasteiger partial charge on any atom is -0.493 e. The largest absolute Gasteiger partial charge is 0.493 e. The summed E-state index contributed by atoms with van der Waals surface area (Å²) in [5.41, 5.74) is 6.14. The normalized spacial score (nSPS) is 10.2. The molecular weight excluding hydrogens is 454 g/mol. The van der Waals surface area contributed by atoms with Gasteiger partial charge in [0.25, 0.3) is 11.8 Å². The number of hydrogen-bond donors (Lipinski definition) is 2. The average molecular weight is 482 g/mol. The lowest BCUT2D eigenvalue weighted by Gasteiger charge is -2.15. The van der Waals surface area contributed by atoms with E-state index in [1.165, 1.54) is 33.5 Å². The van der Waals surface area contributed by atoms with Gasteiger partial charge in [0.1, 0.15) is 6.61 Å². The average Bonchev–Trinajstić information content (AvgIpc) is 2.90. The number of nitrogens with zero attached hydrogens (tertiary/aromatic N) is 1. The lowest BCUT2D eigenvalue weighted by atomic mass is 10.1. The number of rotatable bonds is 10. The fourth-order valence-corrected chi connectivity index (χ4v) is 3.15. The predicted octanol–water partition coefficient (Wildman–Crippen LogP) is 3.16. The molecule has 0 fully saturated rings. The molecule has 0 bridgehead atoms. The third-order valence-corrected chi connectivity index (χ3v) is 4.84. The van der Waals surface area contributed by atoms with Crippen LogP contribution in [0.4, 0.5) is 0 Å². The van der Waals surface area contributed by atoms with E-state index in [4.69, 9.17) is 23.7 Å². The molecule has 1 heterocycles. The van der Waals surface area contributed by atoms with Gasteiger partial charge in [0.05, 0.1) is 27.9 Å². The first kappa shape index (κ1) is 25.2. The molecule has 10 heteroatoms. The minimum absolute atomic E-state index is 0.203. The van der Waals surface area contributed by atoms with Crippen molar-refractivity contribution < 1.29 is 33.3 Å². The van der Waals surface area contributed by atoms with Crippen molar-refractivity contribution in [1.82, 2.24) is 15.8 Å². The Labute approximate surface area is 203 Å². The van der Waals surface area contributed by atoms with E-state index in [1.807, 2.05) is 19.1 Å². The number of amides is 2. The van der Waals surface area contributed by atoms with Crippen LogP contribution in [0.1, 0.15) is 33.2 Å². The summed E-state index contributed by atoms with van der Waals surface area (Å²) in [6.07, 6.45) is 3.39. The van der Waals surface area contributed by atoms with Crippen LogP contribution in [0.15, 0.2) is 54.9 Å². The Balaban J connectivity index is 1.69. The van der Waals surface area contributed by atoms with Crippen molar-refractivity contribution in [3.8, 4) is 28.7 Å². The number of benzene rings is 2. The van der Waals surface area contributed by atoms with Gasteiger partial charge in [-0.15, -0.1) is 0 Å². The van der Waals surface area contributed by atoms with E-state index in [1.54, 1.807) is 30.6 Å². The highest BCUT2D eigenvalue weighted by Crippen LogP contribution is 2.38.